The molecule has 0 aromatic rings. The lowest BCUT2D eigenvalue weighted by Gasteiger charge is -2.47. The highest BCUT2D eigenvalue weighted by atomic mass is 15.1. The molecule has 1 heteroatoms. The lowest BCUT2D eigenvalue weighted by molar-refractivity contribution is 0.166. The van der Waals surface area contributed by atoms with E-state index in [2.05, 4.69) is 33.0 Å². The third-order valence-electron chi connectivity index (χ3n) is 3.83. The lowest BCUT2D eigenvalue weighted by atomic mass is 9.74. The Morgan fingerprint density at radius 1 is 1.25 bits per heavy atom. The molecule has 1 heterocycles. The Kier molecular flexibility index (Phi) is 1.61. The number of piperidine rings is 1. The molecule has 0 aromatic carbocycles. The van der Waals surface area contributed by atoms with Crippen LogP contribution in [0.2, 0.25) is 0 Å². The molecule has 1 saturated carbocycles. The van der Waals surface area contributed by atoms with E-state index in [9.17, 15) is 0 Å². The van der Waals surface area contributed by atoms with Crippen molar-refractivity contribution < 1.29 is 0 Å². The van der Waals surface area contributed by atoms with Crippen LogP contribution in [0, 0.1) is 11.8 Å². The highest BCUT2D eigenvalue weighted by Gasteiger charge is 2.49. The van der Waals surface area contributed by atoms with E-state index >= 15 is 0 Å². The van der Waals surface area contributed by atoms with Crippen molar-refractivity contribution in [3.05, 3.63) is 5.92 Å². The van der Waals surface area contributed by atoms with Crippen molar-refractivity contribution in [2.45, 2.75) is 58.0 Å². The Labute approximate surface area is 75.9 Å². The van der Waals surface area contributed by atoms with Gasteiger partial charge in [-0.25, -0.2) is 0 Å². The van der Waals surface area contributed by atoms with Crippen LogP contribution in [-0.2, 0) is 0 Å². The molecule has 1 N–H and O–H groups in total. The zero-order valence-electron chi connectivity index (χ0n) is 8.70. The van der Waals surface area contributed by atoms with Gasteiger partial charge in [-0.05, 0) is 58.8 Å². The van der Waals surface area contributed by atoms with Crippen molar-refractivity contribution in [1.29, 1.82) is 0 Å². The fraction of sp³-hybridized carbons (Fsp3) is 0.909. The second kappa shape index (κ2) is 2.25. The van der Waals surface area contributed by atoms with Crippen LogP contribution >= 0.6 is 0 Å². The maximum Gasteiger partial charge on any atom is 0.0192 e. The molecule has 2 rings (SSSR count). The van der Waals surface area contributed by atoms with Crippen LogP contribution in [0.5, 0.6) is 0 Å². The van der Waals surface area contributed by atoms with E-state index in [1.807, 2.05) is 0 Å². The molecule has 1 saturated heterocycles. The van der Waals surface area contributed by atoms with Crippen molar-refractivity contribution in [1.82, 2.24) is 5.32 Å². The van der Waals surface area contributed by atoms with Crippen molar-refractivity contribution >= 4 is 0 Å². The molecular formula is C11H20N. The number of hydrogen-bond acceptors (Lipinski definition) is 1. The van der Waals surface area contributed by atoms with Crippen LogP contribution in [0.25, 0.3) is 0 Å². The Morgan fingerprint density at radius 2 is 1.92 bits per heavy atom. The number of hydrogen-bond donors (Lipinski definition) is 1. The van der Waals surface area contributed by atoms with Gasteiger partial charge in [0.1, 0.15) is 0 Å². The number of fused-ring (bicyclic) bond motifs is 2. The van der Waals surface area contributed by atoms with E-state index in [0.717, 1.165) is 5.92 Å². The Bertz CT molecular complexity index is 173. The van der Waals surface area contributed by atoms with Gasteiger partial charge >= 0.3 is 0 Å². The smallest absolute Gasteiger partial charge is 0.0192 e. The topological polar surface area (TPSA) is 12.0 Å². The summed E-state index contributed by atoms with van der Waals surface area (Å²) in [4.78, 5) is 0. The normalized spacial score (nSPS) is 38.5. The molecule has 2 bridgehead atoms. The van der Waals surface area contributed by atoms with Gasteiger partial charge in [-0.15, -0.1) is 0 Å². The molecule has 1 radical (unpaired) electrons. The summed E-state index contributed by atoms with van der Waals surface area (Å²) in [5.74, 6) is 2.63. The molecule has 12 heavy (non-hydrogen) atoms. The van der Waals surface area contributed by atoms with Crippen LogP contribution in [0.15, 0.2) is 0 Å². The summed E-state index contributed by atoms with van der Waals surface area (Å²) in [6.45, 7) is 9.35. The predicted octanol–water partition coefficient (Wildman–Crippen LogP) is 2.52. The first-order valence-corrected chi connectivity index (χ1v) is 5.06. The Hall–Kier alpha value is -0.0400. The van der Waals surface area contributed by atoms with Crippen LogP contribution in [0.4, 0.5) is 0 Å². The van der Waals surface area contributed by atoms with Gasteiger partial charge < -0.3 is 5.32 Å². The van der Waals surface area contributed by atoms with Crippen molar-refractivity contribution in [2.75, 3.05) is 0 Å². The minimum atomic E-state index is 0.288. The van der Waals surface area contributed by atoms with E-state index < -0.39 is 0 Å². The molecule has 2 aliphatic rings. The minimum absolute atomic E-state index is 0.288. The van der Waals surface area contributed by atoms with Crippen molar-refractivity contribution in [3.8, 4) is 0 Å². The zero-order chi connectivity index (χ0) is 8.98. The summed E-state index contributed by atoms with van der Waals surface area (Å²) in [6, 6.07) is 0. The first-order valence-electron chi connectivity index (χ1n) is 5.06. The monoisotopic (exact) mass is 166 g/mol. The first kappa shape index (κ1) is 8.55. The zero-order valence-corrected chi connectivity index (χ0v) is 8.70. The molecular weight excluding hydrogens is 146 g/mol. The average Bonchev–Trinajstić information content (AvgIpc) is 2.26. The molecule has 0 aromatic heterocycles. The SMILES string of the molecule is CC1(C)NC(C)(C)C2CC[C]1C2. The third kappa shape index (κ3) is 1.10. The largest absolute Gasteiger partial charge is 0.306 e. The summed E-state index contributed by atoms with van der Waals surface area (Å²) in [6.07, 6.45) is 4.12. The van der Waals surface area contributed by atoms with Crippen LogP contribution in [-0.4, -0.2) is 11.1 Å². The average molecular weight is 166 g/mol. The number of nitrogens with one attached hydrogen (secondary N) is 1. The first-order chi connectivity index (χ1) is 5.42. The Balaban J connectivity index is 2.26. The van der Waals surface area contributed by atoms with E-state index in [0.29, 0.717) is 5.54 Å². The standard InChI is InChI=1S/C11H20N/c1-10(2)8-5-6-9(7-8)11(3,4)12-10/h8,12H,5-7H2,1-4H3. The van der Waals surface area contributed by atoms with E-state index in [4.69, 9.17) is 0 Å². The van der Waals surface area contributed by atoms with Gasteiger partial charge in [-0.1, -0.05) is 0 Å². The summed E-state index contributed by atoms with van der Waals surface area (Å²) in [5.41, 5.74) is 0.639. The molecule has 1 aliphatic heterocycles. The summed E-state index contributed by atoms with van der Waals surface area (Å²) in [5, 5.41) is 3.76. The quantitative estimate of drug-likeness (QED) is 0.583. The molecule has 1 nitrogen and oxygen atoms in total. The Morgan fingerprint density at radius 3 is 2.58 bits per heavy atom. The summed E-state index contributed by atoms with van der Waals surface area (Å²) in [7, 11) is 0. The number of rotatable bonds is 0. The summed E-state index contributed by atoms with van der Waals surface area (Å²) >= 11 is 0. The highest BCUT2D eigenvalue weighted by Crippen LogP contribution is 2.49. The second-order valence-electron chi connectivity index (χ2n) is 5.51. The van der Waals surface area contributed by atoms with Crippen molar-refractivity contribution in [3.63, 3.8) is 0 Å². The fourth-order valence-electron chi connectivity index (χ4n) is 3.03. The van der Waals surface area contributed by atoms with Gasteiger partial charge in [0, 0.05) is 11.1 Å². The maximum atomic E-state index is 3.76. The second-order valence-corrected chi connectivity index (χ2v) is 5.51. The van der Waals surface area contributed by atoms with Gasteiger partial charge in [0.25, 0.3) is 0 Å². The van der Waals surface area contributed by atoms with Crippen molar-refractivity contribution in [2.24, 2.45) is 5.92 Å². The maximum absolute atomic E-state index is 3.76. The molecule has 0 spiro atoms. The third-order valence-corrected chi connectivity index (χ3v) is 3.83. The molecule has 1 aliphatic carbocycles. The van der Waals surface area contributed by atoms with Gasteiger partial charge in [0.2, 0.25) is 0 Å². The van der Waals surface area contributed by atoms with Gasteiger partial charge in [-0.2, -0.15) is 0 Å². The molecule has 1 unspecified atom stereocenters. The molecule has 0 amide bonds. The highest BCUT2D eigenvalue weighted by molar-refractivity contribution is 5.21. The predicted molar refractivity (Wildman–Crippen MR) is 51.9 cm³/mol. The lowest BCUT2D eigenvalue weighted by Crippen LogP contribution is -2.60. The summed E-state index contributed by atoms with van der Waals surface area (Å²) < 4.78 is 0. The molecule has 1 atom stereocenters. The minimum Gasteiger partial charge on any atom is -0.306 e. The van der Waals surface area contributed by atoms with E-state index in [-0.39, 0.29) is 5.54 Å². The molecule has 2 fully saturated rings. The van der Waals surface area contributed by atoms with E-state index in [1.165, 1.54) is 19.3 Å². The fourth-order valence-corrected chi connectivity index (χ4v) is 3.03. The van der Waals surface area contributed by atoms with Crippen LogP contribution in [0.1, 0.15) is 47.0 Å². The van der Waals surface area contributed by atoms with Crippen LogP contribution in [0.3, 0.4) is 0 Å². The van der Waals surface area contributed by atoms with E-state index in [1.54, 1.807) is 5.92 Å². The molecule has 69 valence electrons. The van der Waals surface area contributed by atoms with Gasteiger partial charge in [0.05, 0.1) is 0 Å². The van der Waals surface area contributed by atoms with Gasteiger partial charge in [-0.3, -0.25) is 0 Å². The van der Waals surface area contributed by atoms with Crippen LogP contribution < -0.4 is 5.32 Å². The van der Waals surface area contributed by atoms with Gasteiger partial charge in [0.15, 0.2) is 0 Å².